The monoisotopic (exact) mass is 345 g/mol. The molecule has 2 fully saturated rings. The highest BCUT2D eigenvalue weighted by Crippen LogP contribution is 2.32. The molecular formula is C16H21Cl2NO3. The molecule has 0 saturated carbocycles. The number of hydrogen-bond donors (Lipinski definition) is 2. The quantitative estimate of drug-likeness (QED) is 0.877. The second-order valence-corrected chi connectivity index (χ2v) is 6.45. The Hall–Kier alpha value is -0.970. The van der Waals surface area contributed by atoms with E-state index in [1.807, 2.05) is 0 Å². The van der Waals surface area contributed by atoms with Gasteiger partial charge in [0.05, 0.1) is 11.4 Å². The SMILES string of the molecule is Cl.O=C(O)Cc1ccc(O[C@H]2C[C@H]3CCC[C@@H](C2)N3)c(Cl)c1. The summed E-state index contributed by atoms with van der Waals surface area (Å²) in [4.78, 5) is 10.7. The Morgan fingerprint density at radius 2 is 2.00 bits per heavy atom. The summed E-state index contributed by atoms with van der Waals surface area (Å²) in [6.07, 6.45) is 5.97. The summed E-state index contributed by atoms with van der Waals surface area (Å²) in [6, 6.07) is 6.38. The van der Waals surface area contributed by atoms with Crippen molar-refractivity contribution < 1.29 is 14.6 Å². The van der Waals surface area contributed by atoms with Crippen LogP contribution in [0, 0.1) is 0 Å². The molecule has 2 saturated heterocycles. The molecule has 0 aromatic heterocycles. The molecule has 122 valence electrons. The molecule has 0 unspecified atom stereocenters. The number of carbonyl (C=O) groups is 1. The van der Waals surface area contributed by atoms with Gasteiger partial charge in [-0.3, -0.25) is 4.79 Å². The number of halogens is 2. The maximum Gasteiger partial charge on any atom is 0.307 e. The molecule has 1 aromatic rings. The third-order valence-electron chi connectivity index (χ3n) is 4.32. The van der Waals surface area contributed by atoms with Gasteiger partial charge in [-0.05, 0) is 43.4 Å². The van der Waals surface area contributed by atoms with Crippen molar-refractivity contribution in [2.24, 2.45) is 0 Å². The third-order valence-corrected chi connectivity index (χ3v) is 4.61. The average Bonchev–Trinajstić information content (AvgIpc) is 2.41. The summed E-state index contributed by atoms with van der Waals surface area (Å²) in [7, 11) is 0. The van der Waals surface area contributed by atoms with Crippen LogP contribution < -0.4 is 10.1 Å². The molecule has 0 amide bonds. The van der Waals surface area contributed by atoms with Crippen LogP contribution in [0.3, 0.4) is 0 Å². The molecule has 2 heterocycles. The number of carboxylic acid groups (broad SMARTS) is 1. The molecule has 6 heteroatoms. The molecule has 3 atom stereocenters. The summed E-state index contributed by atoms with van der Waals surface area (Å²) in [5.41, 5.74) is 0.696. The number of rotatable bonds is 4. The number of ether oxygens (including phenoxy) is 1. The fraction of sp³-hybridized carbons (Fsp3) is 0.562. The first kappa shape index (κ1) is 17.4. The van der Waals surface area contributed by atoms with Crippen molar-refractivity contribution >= 4 is 30.0 Å². The van der Waals surface area contributed by atoms with Gasteiger partial charge in [0.25, 0.3) is 0 Å². The van der Waals surface area contributed by atoms with Crippen LogP contribution in [0.4, 0.5) is 0 Å². The third kappa shape index (κ3) is 4.28. The molecule has 1 aromatic carbocycles. The fourth-order valence-electron chi connectivity index (χ4n) is 3.41. The Morgan fingerprint density at radius 1 is 1.32 bits per heavy atom. The lowest BCUT2D eigenvalue weighted by molar-refractivity contribution is -0.136. The Kier molecular flexibility index (Phi) is 5.95. The first-order valence-corrected chi connectivity index (χ1v) is 7.91. The van der Waals surface area contributed by atoms with Crippen molar-refractivity contribution in [1.82, 2.24) is 5.32 Å². The summed E-state index contributed by atoms with van der Waals surface area (Å²) >= 11 is 6.22. The lowest BCUT2D eigenvalue weighted by Gasteiger charge is -2.40. The van der Waals surface area contributed by atoms with Crippen LogP contribution in [0.1, 0.15) is 37.7 Å². The van der Waals surface area contributed by atoms with Gasteiger partial charge < -0.3 is 15.2 Å². The van der Waals surface area contributed by atoms with Crippen molar-refractivity contribution in [3.63, 3.8) is 0 Å². The van der Waals surface area contributed by atoms with E-state index in [9.17, 15) is 4.79 Å². The highest BCUT2D eigenvalue weighted by atomic mass is 35.5. The number of nitrogens with one attached hydrogen (secondary N) is 1. The van der Waals surface area contributed by atoms with E-state index in [1.165, 1.54) is 19.3 Å². The van der Waals surface area contributed by atoms with Crippen molar-refractivity contribution in [2.45, 2.75) is 56.7 Å². The van der Waals surface area contributed by atoms with Gasteiger partial charge in [0, 0.05) is 12.1 Å². The molecule has 4 nitrogen and oxygen atoms in total. The molecule has 2 aliphatic heterocycles. The molecule has 0 radical (unpaired) electrons. The maximum atomic E-state index is 10.7. The van der Waals surface area contributed by atoms with Crippen LogP contribution in [-0.2, 0) is 11.2 Å². The molecule has 22 heavy (non-hydrogen) atoms. The lowest BCUT2D eigenvalue weighted by atomic mass is 9.85. The van der Waals surface area contributed by atoms with Gasteiger partial charge in [-0.2, -0.15) is 0 Å². The molecule has 2 aliphatic rings. The van der Waals surface area contributed by atoms with Gasteiger partial charge in [-0.1, -0.05) is 24.1 Å². The normalized spacial score (nSPS) is 26.9. The first-order chi connectivity index (χ1) is 10.1. The van der Waals surface area contributed by atoms with Crippen molar-refractivity contribution in [3.05, 3.63) is 28.8 Å². The highest BCUT2D eigenvalue weighted by Gasteiger charge is 2.32. The van der Waals surface area contributed by atoms with Crippen LogP contribution in [0.5, 0.6) is 5.75 Å². The van der Waals surface area contributed by atoms with Crippen molar-refractivity contribution in [2.75, 3.05) is 0 Å². The largest absolute Gasteiger partial charge is 0.489 e. The lowest BCUT2D eigenvalue weighted by Crippen LogP contribution is -2.51. The van der Waals surface area contributed by atoms with Gasteiger partial charge in [0.2, 0.25) is 0 Å². The number of carboxylic acids is 1. The fourth-order valence-corrected chi connectivity index (χ4v) is 3.66. The Morgan fingerprint density at radius 3 is 2.59 bits per heavy atom. The van der Waals surface area contributed by atoms with E-state index in [1.54, 1.807) is 18.2 Å². The summed E-state index contributed by atoms with van der Waals surface area (Å²) in [5.74, 6) is -0.193. The smallest absolute Gasteiger partial charge is 0.307 e. The Bertz CT molecular complexity index is 526. The van der Waals surface area contributed by atoms with E-state index in [-0.39, 0.29) is 24.9 Å². The predicted molar refractivity (Wildman–Crippen MR) is 88.3 cm³/mol. The van der Waals surface area contributed by atoms with E-state index in [4.69, 9.17) is 21.4 Å². The first-order valence-electron chi connectivity index (χ1n) is 7.53. The molecule has 2 bridgehead atoms. The molecule has 3 rings (SSSR count). The van der Waals surface area contributed by atoms with Crippen LogP contribution >= 0.6 is 24.0 Å². The molecular weight excluding hydrogens is 325 g/mol. The minimum absolute atomic E-state index is 0. The van der Waals surface area contributed by atoms with E-state index in [2.05, 4.69) is 5.32 Å². The zero-order valence-electron chi connectivity index (χ0n) is 12.3. The number of benzene rings is 1. The van der Waals surface area contributed by atoms with Gasteiger partial charge in [0.15, 0.2) is 0 Å². The summed E-state index contributed by atoms with van der Waals surface area (Å²) < 4.78 is 6.06. The number of fused-ring (bicyclic) bond motifs is 2. The molecule has 2 N–H and O–H groups in total. The minimum atomic E-state index is -0.856. The number of piperidine rings is 2. The van der Waals surface area contributed by atoms with Crippen LogP contribution in [-0.4, -0.2) is 29.3 Å². The number of aliphatic carboxylic acids is 1. The van der Waals surface area contributed by atoms with E-state index in [0.717, 1.165) is 12.8 Å². The summed E-state index contributed by atoms with van der Waals surface area (Å²) in [5, 5.41) is 12.9. The van der Waals surface area contributed by atoms with Crippen molar-refractivity contribution in [3.8, 4) is 5.75 Å². The minimum Gasteiger partial charge on any atom is -0.489 e. The topological polar surface area (TPSA) is 58.6 Å². The standard InChI is InChI=1S/C16H20ClNO3.ClH/c17-14-6-10(7-16(19)20)4-5-15(14)21-13-8-11-2-1-3-12(9-13)18-11;/h4-6,11-13,18H,1-3,7-9H2,(H,19,20);1H/t11-,12+,13+;. The van der Waals surface area contributed by atoms with Crippen LogP contribution in [0.25, 0.3) is 0 Å². The van der Waals surface area contributed by atoms with Crippen LogP contribution in [0.2, 0.25) is 5.02 Å². The molecule has 0 spiro atoms. The molecule has 0 aliphatic carbocycles. The Labute approximate surface area is 141 Å². The van der Waals surface area contributed by atoms with Gasteiger partial charge in [0.1, 0.15) is 11.9 Å². The van der Waals surface area contributed by atoms with E-state index in [0.29, 0.717) is 28.4 Å². The van der Waals surface area contributed by atoms with Crippen LogP contribution in [0.15, 0.2) is 18.2 Å². The van der Waals surface area contributed by atoms with E-state index >= 15 is 0 Å². The zero-order valence-corrected chi connectivity index (χ0v) is 13.8. The second kappa shape index (κ2) is 7.53. The number of hydrogen-bond acceptors (Lipinski definition) is 3. The van der Waals surface area contributed by atoms with Gasteiger partial charge in [-0.15, -0.1) is 12.4 Å². The average molecular weight is 346 g/mol. The predicted octanol–water partition coefficient (Wildman–Crippen LogP) is 3.44. The van der Waals surface area contributed by atoms with E-state index < -0.39 is 5.97 Å². The maximum absolute atomic E-state index is 10.7. The van der Waals surface area contributed by atoms with Gasteiger partial charge in [-0.25, -0.2) is 0 Å². The second-order valence-electron chi connectivity index (χ2n) is 6.04. The Balaban J connectivity index is 0.00000176. The van der Waals surface area contributed by atoms with Crippen molar-refractivity contribution in [1.29, 1.82) is 0 Å². The summed E-state index contributed by atoms with van der Waals surface area (Å²) in [6.45, 7) is 0. The van der Waals surface area contributed by atoms with Gasteiger partial charge >= 0.3 is 5.97 Å². The highest BCUT2D eigenvalue weighted by molar-refractivity contribution is 6.32. The zero-order chi connectivity index (χ0) is 14.8.